The molecule has 0 saturated carbocycles. The number of carbonyl (C=O) groups is 2. The number of primary amides is 1. The zero-order valence-corrected chi connectivity index (χ0v) is 10.7. The summed E-state index contributed by atoms with van der Waals surface area (Å²) >= 11 is 0.955. The maximum atomic E-state index is 12.8. The van der Waals surface area contributed by atoms with Crippen molar-refractivity contribution >= 4 is 28.3 Å². The lowest BCUT2D eigenvalue weighted by Gasteiger charge is -2.17. The minimum atomic E-state index is -4.60. The van der Waals surface area contributed by atoms with Crippen molar-refractivity contribution in [2.75, 3.05) is 18.0 Å². The van der Waals surface area contributed by atoms with E-state index in [1.165, 1.54) is 10.3 Å². The SMILES string of the molecule is NC(=O)c1csc(N2C[C@@H](C(F)(F)F)[C@H](C(=O)O)C2)n1. The van der Waals surface area contributed by atoms with E-state index in [1.54, 1.807) is 0 Å². The largest absolute Gasteiger partial charge is 0.481 e. The van der Waals surface area contributed by atoms with Crippen molar-refractivity contribution in [2.45, 2.75) is 6.18 Å². The summed E-state index contributed by atoms with van der Waals surface area (Å²) in [5.74, 6) is -5.78. The molecule has 20 heavy (non-hydrogen) atoms. The fourth-order valence-corrected chi connectivity index (χ4v) is 2.90. The molecule has 3 N–H and O–H groups in total. The van der Waals surface area contributed by atoms with Crippen molar-refractivity contribution in [2.24, 2.45) is 17.6 Å². The van der Waals surface area contributed by atoms with Gasteiger partial charge in [-0.25, -0.2) is 4.98 Å². The number of aliphatic carboxylic acids is 1. The van der Waals surface area contributed by atoms with E-state index in [1.807, 2.05) is 0 Å². The van der Waals surface area contributed by atoms with Gasteiger partial charge in [0.1, 0.15) is 5.69 Å². The Bertz CT molecular complexity index is 545. The van der Waals surface area contributed by atoms with Gasteiger partial charge in [-0.1, -0.05) is 0 Å². The fraction of sp³-hybridized carbons (Fsp3) is 0.500. The van der Waals surface area contributed by atoms with Crippen LogP contribution in [0, 0.1) is 11.8 Å². The molecular formula is C10H10F3N3O3S. The van der Waals surface area contributed by atoms with Gasteiger partial charge in [-0.05, 0) is 0 Å². The molecule has 0 spiro atoms. The predicted octanol–water partition coefficient (Wildman–Crippen LogP) is 0.941. The highest BCUT2D eigenvalue weighted by molar-refractivity contribution is 7.13. The lowest BCUT2D eigenvalue weighted by molar-refractivity contribution is -0.187. The number of hydrogen-bond acceptors (Lipinski definition) is 5. The van der Waals surface area contributed by atoms with E-state index in [-0.39, 0.29) is 17.4 Å². The molecule has 0 aliphatic carbocycles. The van der Waals surface area contributed by atoms with Gasteiger partial charge in [0, 0.05) is 18.5 Å². The number of carbonyl (C=O) groups excluding carboxylic acids is 1. The van der Waals surface area contributed by atoms with Crippen LogP contribution in [0.5, 0.6) is 0 Å². The molecule has 1 amide bonds. The first-order valence-corrected chi connectivity index (χ1v) is 6.38. The Morgan fingerprint density at radius 1 is 1.45 bits per heavy atom. The van der Waals surface area contributed by atoms with Crippen LogP contribution in [0.2, 0.25) is 0 Å². The second-order valence-corrected chi connectivity index (χ2v) is 5.21. The topological polar surface area (TPSA) is 96.5 Å². The highest BCUT2D eigenvalue weighted by Crippen LogP contribution is 2.39. The molecule has 0 bridgehead atoms. The summed E-state index contributed by atoms with van der Waals surface area (Å²) in [6, 6.07) is 0. The lowest BCUT2D eigenvalue weighted by Crippen LogP contribution is -2.33. The number of amides is 1. The Labute approximate surface area is 115 Å². The van der Waals surface area contributed by atoms with Crippen LogP contribution in [-0.4, -0.2) is 41.2 Å². The van der Waals surface area contributed by atoms with Crippen LogP contribution in [-0.2, 0) is 4.79 Å². The summed E-state index contributed by atoms with van der Waals surface area (Å²) in [5.41, 5.74) is 4.96. The fourth-order valence-electron chi connectivity index (χ4n) is 2.06. The molecule has 1 aliphatic rings. The summed E-state index contributed by atoms with van der Waals surface area (Å²) in [5, 5.41) is 10.4. The number of anilines is 1. The summed E-state index contributed by atoms with van der Waals surface area (Å²) in [6.07, 6.45) is -4.60. The minimum absolute atomic E-state index is 0.0488. The number of nitrogens with zero attached hydrogens (tertiary/aromatic N) is 2. The van der Waals surface area contributed by atoms with E-state index in [2.05, 4.69) is 4.98 Å². The van der Waals surface area contributed by atoms with Crippen LogP contribution in [0.25, 0.3) is 0 Å². The third-order valence-corrected chi connectivity index (χ3v) is 3.97. The highest BCUT2D eigenvalue weighted by atomic mass is 32.1. The lowest BCUT2D eigenvalue weighted by atomic mass is 9.96. The molecule has 2 atom stereocenters. The zero-order valence-electron chi connectivity index (χ0n) is 9.92. The van der Waals surface area contributed by atoms with Gasteiger partial charge in [-0.3, -0.25) is 9.59 Å². The third kappa shape index (κ3) is 2.69. The predicted molar refractivity (Wildman–Crippen MR) is 63.5 cm³/mol. The first kappa shape index (κ1) is 14.6. The Hall–Kier alpha value is -1.84. The normalized spacial score (nSPS) is 23.1. The number of carboxylic acid groups (broad SMARTS) is 1. The summed E-state index contributed by atoms with van der Waals surface area (Å²) in [7, 11) is 0. The molecule has 1 aliphatic heterocycles. The molecule has 0 radical (unpaired) electrons. The van der Waals surface area contributed by atoms with E-state index in [0.29, 0.717) is 0 Å². The van der Waals surface area contributed by atoms with Crippen molar-refractivity contribution in [3.05, 3.63) is 11.1 Å². The molecule has 0 unspecified atom stereocenters. The first-order chi connectivity index (χ1) is 9.20. The number of carboxylic acids is 1. The Morgan fingerprint density at radius 3 is 2.50 bits per heavy atom. The standard InChI is InChI=1S/C10H10F3N3O3S/c11-10(12,13)5-2-16(1-4(5)8(18)19)9-15-6(3-20-9)7(14)17/h3-5H,1-2H2,(H2,14,17)(H,18,19)/t4-,5-/m1/s1. The van der Waals surface area contributed by atoms with E-state index >= 15 is 0 Å². The maximum absolute atomic E-state index is 12.8. The summed E-state index contributed by atoms with van der Waals surface area (Å²) in [6.45, 7) is -0.794. The van der Waals surface area contributed by atoms with Gasteiger partial charge in [0.05, 0.1) is 11.8 Å². The summed E-state index contributed by atoms with van der Waals surface area (Å²) < 4.78 is 38.4. The van der Waals surface area contributed by atoms with E-state index in [9.17, 15) is 22.8 Å². The average Bonchev–Trinajstić information content (AvgIpc) is 2.94. The van der Waals surface area contributed by atoms with Crippen molar-refractivity contribution in [3.63, 3.8) is 0 Å². The molecule has 1 aromatic heterocycles. The van der Waals surface area contributed by atoms with Crippen molar-refractivity contribution in [1.82, 2.24) is 4.98 Å². The third-order valence-electron chi connectivity index (χ3n) is 3.07. The van der Waals surface area contributed by atoms with Gasteiger partial charge < -0.3 is 15.7 Å². The van der Waals surface area contributed by atoms with Gasteiger partial charge in [-0.2, -0.15) is 13.2 Å². The molecule has 6 nitrogen and oxygen atoms in total. The average molecular weight is 309 g/mol. The number of halogens is 3. The first-order valence-electron chi connectivity index (χ1n) is 5.50. The molecule has 2 heterocycles. The molecule has 1 aromatic rings. The van der Waals surface area contributed by atoms with Crippen molar-refractivity contribution in [3.8, 4) is 0 Å². The summed E-state index contributed by atoms with van der Waals surface area (Å²) in [4.78, 5) is 26.9. The van der Waals surface area contributed by atoms with Crippen LogP contribution in [0.4, 0.5) is 18.3 Å². The molecule has 1 fully saturated rings. The van der Waals surface area contributed by atoms with Crippen LogP contribution in [0.3, 0.4) is 0 Å². The molecule has 0 aromatic carbocycles. The number of thiazole rings is 1. The molecule has 1 saturated heterocycles. The monoisotopic (exact) mass is 309 g/mol. The van der Waals surface area contributed by atoms with Crippen LogP contribution in [0.1, 0.15) is 10.5 Å². The van der Waals surface area contributed by atoms with Gasteiger partial charge in [0.2, 0.25) is 0 Å². The number of rotatable bonds is 3. The minimum Gasteiger partial charge on any atom is -0.481 e. The van der Waals surface area contributed by atoms with Crippen LogP contribution < -0.4 is 10.6 Å². The van der Waals surface area contributed by atoms with Crippen molar-refractivity contribution < 1.29 is 27.9 Å². The Morgan fingerprint density at radius 2 is 2.10 bits per heavy atom. The van der Waals surface area contributed by atoms with E-state index in [4.69, 9.17) is 10.8 Å². The molecule has 2 rings (SSSR count). The van der Waals surface area contributed by atoms with Gasteiger partial charge in [-0.15, -0.1) is 11.3 Å². The Balaban J connectivity index is 2.23. The van der Waals surface area contributed by atoms with E-state index < -0.39 is 36.4 Å². The molecular weight excluding hydrogens is 299 g/mol. The second-order valence-electron chi connectivity index (χ2n) is 4.38. The zero-order chi connectivity index (χ0) is 15.1. The van der Waals surface area contributed by atoms with Gasteiger partial charge in [0.15, 0.2) is 5.13 Å². The quantitative estimate of drug-likeness (QED) is 0.866. The number of aromatic nitrogens is 1. The Kier molecular flexibility index (Phi) is 3.59. The maximum Gasteiger partial charge on any atom is 0.394 e. The molecule has 110 valence electrons. The van der Waals surface area contributed by atoms with Crippen LogP contribution in [0.15, 0.2) is 5.38 Å². The smallest absolute Gasteiger partial charge is 0.394 e. The van der Waals surface area contributed by atoms with Crippen molar-refractivity contribution in [1.29, 1.82) is 0 Å². The second kappa shape index (κ2) is 4.93. The van der Waals surface area contributed by atoms with E-state index in [0.717, 1.165) is 11.3 Å². The number of alkyl halides is 3. The van der Waals surface area contributed by atoms with Gasteiger partial charge >= 0.3 is 12.1 Å². The van der Waals surface area contributed by atoms with Gasteiger partial charge in [0.25, 0.3) is 5.91 Å². The number of hydrogen-bond donors (Lipinski definition) is 2. The van der Waals surface area contributed by atoms with Crippen LogP contribution >= 0.6 is 11.3 Å². The highest BCUT2D eigenvalue weighted by Gasteiger charge is 2.53. The number of nitrogens with two attached hydrogens (primary N) is 1. The molecule has 10 heteroatoms.